The molecule has 9 heteroatoms. The number of hydrogen-bond acceptors (Lipinski definition) is 4. The van der Waals surface area contributed by atoms with Gasteiger partial charge in [-0.15, -0.1) is 0 Å². The van der Waals surface area contributed by atoms with E-state index in [0.29, 0.717) is 10.6 Å². The van der Waals surface area contributed by atoms with E-state index in [9.17, 15) is 14.4 Å². The zero-order valence-corrected chi connectivity index (χ0v) is 16.6. The number of halogens is 2. The van der Waals surface area contributed by atoms with Crippen molar-refractivity contribution in [1.82, 2.24) is 14.8 Å². The summed E-state index contributed by atoms with van der Waals surface area (Å²) in [5, 5.41) is 2.84. The predicted octanol–water partition coefficient (Wildman–Crippen LogP) is 3.80. The first kappa shape index (κ1) is 19.5. The van der Waals surface area contributed by atoms with Crippen LogP contribution >= 0.6 is 35.0 Å². The quantitative estimate of drug-likeness (QED) is 0.742. The van der Waals surface area contributed by atoms with Crippen LogP contribution in [0.25, 0.3) is 6.08 Å². The highest BCUT2D eigenvalue weighted by Crippen LogP contribution is 2.31. The van der Waals surface area contributed by atoms with Gasteiger partial charge in [0.15, 0.2) is 0 Å². The molecule has 3 amide bonds. The lowest BCUT2D eigenvalue weighted by molar-refractivity contribution is -0.122. The zero-order chi connectivity index (χ0) is 19.6. The van der Waals surface area contributed by atoms with Gasteiger partial charge in [-0.2, -0.15) is 0 Å². The van der Waals surface area contributed by atoms with Crippen LogP contribution in [0.15, 0.2) is 41.3 Å². The zero-order valence-electron chi connectivity index (χ0n) is 14.2. The molecule has 0 bridgehead atoms. The van der Waals surface area contributed by atoms with Gasteiger partial charge in [-0.3, -0.25) is 19.3 Å². The van der Waals surface area contributed by atoms with Crippen molar-refractivity contribution >= 4 is 58.1 Å². The summed E-state index contributed by atoms with van der Waals surface area (Å²) in [4.78, 5) is 38.2. The minimum atomic E-state index is -0.391. The van der Waals surface area contributed by atoms with Gasteiger partial charge >= 0.3 is 0 Å². The molecule has 1 aliphatic rings. The summed E-state index contributed by atoms with van der Waals surface area (Å²) in [7, 11) is 1.62. The molecule has 2 aromatic rings. The van der Waals surface area contributed by atoms with Crippen LogP contribution in [0, 0.1) is 0 Å². The van der Waals surface area contributed by atoms with Crippen LogP contribution in [0.3, 0.4) is 0 Å². The van der Waals surface area contributed by atoms with Gasteiger partial charge in [-0.1, -0.05) is 53.5 Å². The summed E-state index contributed by atoms with van der Waals surface area (Å²) < 4.78 is 1.46. The Morgan fingerprint density at radius 2 is 1.93 bits per heavy atom. The standard InChI is InChI=1S/C18H15Cl2N3O3S/c1-22-13(10-12(19)15(22)20)16(24)21-7-8-23-17(25)14(27-18(23)26)9-11-5-3-2-4-6-11/h2-6,9-10H,7-8H2,1H3,(H,21,24)/b14-9-. The summed E-state index contributed by atoms with van der Waals surface area (Å²) in [5.74, 6) is -0.758. The van der Waals surface area contributed by atoms with Gasteiger partial charge in [0.1, 0.15) is 10.8 Å². The third kappa shape index (κ3) is 4.21. The van der Waals surface area contributed by atoms with Gasteiger partial charge in [0, 0.05) is 20.1 Å². The molecule has 1 aromatic carbocycles. The molecule has 0 spiro atoms. The first-order chi connectivity index (χ1) is 12.9. The van der Waals surface area contributed by atoms with E-state index < -0.39 is 5.91 Å². The van der Waals surface area contributed by atoms with Gasteiger partial charge in [0.05, 0.1) is 9.93 Å². The molecule has 0 unspecified atom stereocenters. The number of nitrogens with one attached hydrogen (secondary N) is 1. The Morgan fingerprint density at radius 1 is 1.22 bits per heavy atom. The molecular weight excluding hydrogens is 409 g/mol. The van der Waals surface area contributed by atoms with Crippen molar-refractivity contribution in [3.63, 3.8) is 0 Å². The number of hydrogen-bond donors (Lipinski definition) is 1. The third-order valence-corrected chi connectivity index (χ3v) is 5.69. The highest BCUT2D eigenvalue weighted by atomic mass is 35.5. The highest BCUT2D eigenvalue weighted by molar-refractivity contribution is 8.18. The molecule has 140 valence electrons. The Hall–Kier alpha value is -2.22. The van der Waals surface area contributed by atoms with Crippen LogP contribution in [0.1, 0.15) is 16.1 Å². The number of carbonyl (C=O) groups excluding carboxylic acids is 3. The molecule has 0 radical (unpaired) electrons. The van der Waals surface area contributed by atoms with Crippen molar-refractivity contribution in [2.45, 2.75) is 0 Å². The van der Waals surface area contributed by atoms with Crippen molar-refractivity contribution in [3.05, 3.63) is 62.7 Å². The molecule has 27 heavy (non-hydrogen) atoms. The Kier molecular flexibility index (Phi) is 5.94. The second kappa shape index (κ2) is 8.21. The summed E-state index contributed by atoms with van der Waals surface area (Å²) >= 11 is 12.7. The molecular formula is C18H15Cl2N3O3S. The molecule has 3 rings (SSSR count). The van der Waals surface area contributed by atoms with Crippen LogP contribution in [-0.4, -0.2) is 39.6 Å². The lowest BCUT2D eigenvalue weighted by Crippen LogP contribution is -2.37. The van der Waals surface area contributed by atoms with E-state index in [1.165, 1.54) is 10.6 Å². The highest BCUT2D eigenvalue weighted by Gasteiger charge is 2.34. The minimum absolute atomic E-state index is 0.0778. The first-order valence-corrected chi connectivity index (χ1v) is 9.55. The Bertz CT molecular complexity index is 941. The van der Waals surface area contributed by atoms with E-state index in [1.54, 1.807) is 13.1 Å². The van der Waals surface area contributed by atoms with Crippen molar-refractivity contribution in [3.8, 4) is 0 Å². The molecule has 0 saturated carbocycles. The van der Waals surface area contributed by atoms with E-state index in [2.05, 4.69) is 5.32 Å². The van der Waals surface area contributed by atoms with E-state index in [0.717, 1.165) is 22.2 Å². The Balaban J connectivity index is 1.60. The molecule has 1 N–H and O–H groups in total. The fourth-order valence-corrected chi connectivity index (χ4v) is 3.77. The van der Waals surface area contributed by atoms with Crippen LogP contribution in [0.4, 0.5) is 4.79 Å². The molecule has 1 aromatic heterocycles. The van der Waals surface area contributed by atoms with Crippen LogP contribution in [0.5, 0.6) is 0 Å². The second-order valence-electron chi connectivity index (χ2n) is 5.73. The summed E-state index contributed by atoms with van der Waals surface area (Å²) in [6, 6.07) is 10.7. The summed E-state index contributed by atoms with van der Waals surface area (Å²) in [6.07, 6.45) is 1.68. The predicted molar refractivity (Wildman–Crippen MR) is 107 cm³/mol. The number of carbonyl (C=O) groups is 3. The number of imide groups is 1. The Labute approximate surface area is 170 Å². The molecule has 6 nitrogen and oxygen atoms in total. The smallest absolute Gasteiger partial charge is 0.293 e. The fourth-order valence-electron chi connectivity index (χ4n) is 2.53. The molecule has 1 saturated heterocycles. The number of benzene rings is 1. The maximum atomic E-state index is 12.4. The van der Waals surface area contributed by atoms with Crippen LogP contribution < -0.4 is 5.32 Å². The van der Waals surface area contributed by atoms with Crippen molar-refractivity contribution < 1.29 is 14.4 Å². The summed E-state index contributed by atoms with van der Waals surface area (Å²) in [6.45, 7) is 0.199. The maximum Gasteiger partial charge on any atom is 0.293 e. The lowest BCUT2D eigenvalue weighted by Gasteiger charge is -2.13. The summed E-state index contributed by atoms with van der Waals surface area (Å²) in [5.41, 5.74) is 1.14. The van der Waals surface area contributed by atoms with Crippen LogP contribution in [-0.2, 0) is 11.8 Å². The number of thioether (sulfide) groups is 1. The van der Waals surface area contributed by atoms with Crippen LogP contribution in [0.2, 0.25) is 10.2 Å². The normalized spacial score (nSPS) is 15.7. The number of aromatic nitrogens is 1. The van der Waals surface area contributed by atoms with Gasteiger partial charge < -0.3 is 9.88 Å². The van der Waals surface area contributed by atoms with Crippen molar-refractivity contribution in [2.24, 2.45) is 7.05 Å². The van der Waals surface area contributed by atoms with Crippen molar-refractivity contribution in [2.75, 3.05) is 13.1 Å². The maximum absolute atomic E-state index is 12.4. The SMILES string of the molecule is Cn1c(C(=O)NCCN2C(=O)S/C(=C\c3ccccc3)C2=O)cc(Cl)c1Cl. The van der Waals surface area contributed by atoms with Gasteiger partial charge in [0.25, 0.3) is 17.1 Å². The molecule has 0 aliphatic carbocycles. The van der Waals surface area contributed by atoms with Gasteiger partial charge in [0.2, 0.25) is 0 Å². The van der Waals surface area contributed by atoms with E-state index in [-0.39, 0.29) is 34.4 Å². The Morgan fingerprint density at radius 3 is 2.56 bits per heavy atom. The first-order valence-electron chi connectivity index (χ1n) is 7.98. The van der Waals surface area contributed by atoms with E-state index in [1.807, 2.05) is 30.3 Å². The molecule has 1 fully saturated rings. The topological polar surface area (TPSA) is 71.4 Å². The average molecular weight is 424 g/mol. The number of nitrogens with zero attached hydrogens (tertiary/aromatic N) is 2. The van der Waals surface area contributed by atoms with E-state index in [4.69, 9.17) is 23.2 Å². The molecule has 1 aliphatic heterocycles. The molecule has 2 heterocycles. The molecule has 0 atom stereocenters. The lowest BCUT2D eigenvalue weighted by atomic mass is 10.2. The second-order valence-corrected chi connectivity index (χ2v) is 7.49. The van der Waals surface area contributed by atoms with Gasteiger partial charge in [-0.05, 0) is 29.5 Å². The minimum Gasteiger partial charge on any atom is -0.349 e. The number of amides is 3. The van der Waals surface area contributed by atoms with Crippen molar-refractivity contribution in [1.29, 1.82) is 0 Å². The monoisotopic (exact) mass is 423 g/mol. The largest absolute Gasteiger partial charge is 0.349 e. The third-order valence-electron chi connectivity index (χ3n) is 3.94. The number of rotatable bonds is 5. The van der Waals surface area contributed by atoms with Gasteiger partial charge in [-0.25, -0.2) is 0 Å². The van der Waals surface area contributed by atoms with E-state index >= 15 is 0 Å². The average Bonchev–Trinajstić information content (AvgIpc) is 3.07. The fraction of sp³-hybridized carbons (Fsp3) is 0.167.